The first-order valence-electron chi connectivity index (χ1n) is 6.01. The summed E-state index contributed by atoms with van der Waals surface area (Å²) in [4.78, 5) is 10.9. The van der Waals surface area contributed by atoms with Crippen LogP contribution in [0.3, 0.4) is 0 Å². The van der Waals surface area contributed by atoms with Crippen LogP contribution in [0, 0.1) is 0 Å². The first-order chi connectivity index (χ1) is 7.65. The minimum absolute atomic E-state index is 0.0604. The van der Waals surface area contributed by atoms with Crippen molar-refractivity contribution in [1.82, 2.24) is 5.32 Å². The Hall–Kier alpha value is -0.870. The summed E-state index contributed by atoms with van der Waals surface area (Å²) in [6, 6.07) is 0.652. The van der Waals surface area contributed by atoms with Crippen LogP contribution in [0.1, 0.15) is 33.1 Å². The van der Waals surface area contributed by atoms with E-state index in [9.17, 15) is 4.79 Å². The van der Waals surface area contributed by atoms with E-state index in [0.29, 0.717) is 24.1 Å². The minimum atomic E-state index is -0.815. The standard InChI is InChI=1S/C12H19NO3/c1-3-8(4-2)16-10-6-7(12(14)15)5-9-11(10)13-9/h6,8-11,13H,3-5H2,1-2H3,(H,14,15)/t9-,10-,11-/m0/s1. The summed E-state index contributed by atoms with van der Waals surface area (Å²) < 4.78 is 5.92. The highest BCUT2D eigenvalue weighted by molar-refractivity contribution is 5.87. The van der Waals surface area contributed by atoms with Gasteiger partial charge in [-0.05, 0) is 25.3 Å². The molecule has 1 saturated heterocycles. The maximum Gasteiger partial charge on any atom is 0.331 e. The second-order valence-corrected chi connectivity index (χ2v) is 4.54. The van der Waals surface area contributed by atoms with Gasteiger partial charge in [0.25, 0.3) is 0 Å². The van der Waals surface area contributed by atoms with Gasteiger partial charge in [0, 0.05) is 11.6 Å². The van der Waals surface area contributed by atoms with Crippen molar-refractivity contribution >= 4 is 5.97 Å². The zero-order valence-corrected chi connectivity index (χ0v) is 9.77. The fourth-order valence-corrected chi connectivity index (χ4v) is 2.29. The minimum Gasteiger partial charge on any atom is -0.478 e. The van der Waals surface area contributed by atoms with Crippen molar-refractivity contribution in [2.24, 2.45) is 0 Å². The molecule has 2 rings (SSSR count). The summed E-state index contributed by atoms with van der Waals surface area (Å²) in [5.74, 6) is -0.815. The number of carboxylic acids is 1. The lowest BCUT2D eigenvalue weighted by Crippen LogP contribution is -2.30. The number of rotatable bonds is 5. The predicted molar refractivity (Wildman–Crippen MR) is 60.3 cm³/mol. The van der Waals surface area contributed by atoms with E-state index >= 15 is 0 Å². The molecular weight excluding hydrogens is 206 g/mol. The molecule has 0 aromatic rings. The van der Waals surface area contributed by atoms with Crippen molar-refractivity contribution in [3.8, 4) is 0 Å². The molecule has 16 heavy (non-hydrogen) atoms. The van der Waals surface area contributed by atoms with Gasteiger partial charge in [0.15, 0.2) is 0 Å². The lowest BCUT2D eigenvalue weighted by molar-refractivity contribution is -0.133. The molecule has 0 amide bonds. The van der Waals surface area contributed by atoms with E-state index in [1.54, 1.807) is 6.08 Å². The van der Waals surface area contributed by atoms with Gasteiger partial charge in [-0.15, -0.1) is 0 Å². The lowest BCUT2D eigenvalue weighted by atomic mass is 9.97. The third-order valence-electron chi connectivity index (χ3n) is 3.43. The highest BCUT2D eigenvalue weighted by atomic mass is 16.5. The quantitative estimate of drug-likeness (QED) is 0.692. The Morgan fingerprint density at radius 1 is 1.62 bits per heavy atom. The summed E-state index contributed by atoms with van der Waals surface area (Å²) in [5.41, 5.74) is 0.488. The number of carbonyl (C=O) groups is 1. The first-order valence-corrected chi connectivity index (χ1v) is 6.01. The molecule has 0 saturated carbocycles. The second kappa shape index (κ2) is 4.55. The van der Waals surface area contributed by atoms with Gasteiger partial charge in [-0.3, -0.25) is 0 Å². The van der Waals surface area contributed by atoms with Crippen molar-refractivity contribution in [3.63, 3.8) is 0 Å². The van der Waals surface area contributed by atoms with Gasteiger partial charge in [0.05, 0.1) is 18.2 Å². The fourth-order valence-electron chi connectivity index (χ4n) is 2.29. The van der Waals surface area contributed by atoms with Crippen LogP contribution in [0.15, 0.2) is 11.6 Å². The molecule has 3 atom stereocenters. The van der Waals surface area contributed by atoms with E-state index in [4.69, 9.17) is 9.84 Å². The SMILES string of the molecule is CCC(CC)O[C@H]1C=C(C(=O)O)C[C@@H]2N[C@@H]21. The number of hydrogen-bond donors (Lipinski definition) is 2. The van der Waals surface area contributed by atoms with Crippen LogP contribution in [-0.4, -0.2) is 35.4 Å². The zero-order valence-electron chi connectivity index (χ0n) is 9.77. The molecule has 90 valence electrons. The van der Waals surface area contributed by atoms with E-state index in [2.05, 4.69) is 19.2 Å². The van der Waals surface area contributed by atoms with Crippen molar-refractivity contribution in [2.75, 3.05) is 0 Å². The molecule has 0 aromatic heterocycles. The molecule has 1 aliphatic heterocycles. The highest BCUT2D eigenvalue weighted by Crippen LogP contribution is 2.32. The molecule has 1 aliphatic carbocycles. The molecule has 4 nitrogen and oxygen atoms in total. The molecule has 1 heterocycles. The van der Waals surface area contributed by atoms with Crippen molar-refractivity contribution in [2.45, 2.75) is 57.4 Å². The Morgan fingerprint density at radius 3 is 2.88 bits per heavy atom. The van der Waals surface area contributed by atoms with Crippen LogP contribution in [0.5, 0.6) is 0 Å². The van der Waals surface area contributed by atoms with Gasteiger partial charge >= 0.3 is 5.97 Å². The maximum absolute atomic E-state index is 10.9. The summed E-state index contributed by atoms with van der Waals surface area (Å²) >= 11 is 0. The highest BCUT2D eigenvalue weighted by Gasteiger charge is 2.47. The van der Waals surface area contributed by atoms with Crippen LogP contribution in [0.2, 0.25) is 0 Å². The summed E-state index contributed by atoms with van der Waals surface area (Å²) in [6.07, 6.45) is 4.53. The smallest absolute Gasteiger partial charge is 0.331 e. The zero-order chi connectivity index (χ0) is 11.7. The number of fused-ring (bicyclic) bond motifs is 1. The molecule has 0 bridgehead atoms. The number of aliphatic carboxylic acids is 1. The molecule has 2 N–H and O–H groups in total. The van der Waals surface area contributed by atoms with E-state index in [1.807, 2.05) is 0 Å². The second-order valence-electron chi connectivity index (χ2n) is 4.54. The summed E-state index contributed by atoms with van der Waals surface area (Å²) in [5, 5.41) is 12.3. The molecule has 2 aliphatic rings. The Labute approximate surface area is 95.7 Å². The van der Waals surface area contributed by atoms with Crippen LogP contribution in [-0.2, 0) is 9.53 Å². The Bertz CT molecular complexity index is 309. The molecule has 4 heteroatoms. The van der Waals surface area contributed by atoms with E-state index in [1.165, 1.54) is 0 Å². The Kier molecular flexibility index (Phi) is 3.30. The van der Waals surface area contributed by atoms with E-state index < -0.39 is 5.97 Å². The van der Waals surface area contributed by atoms with Gasteiger partial charge in [-0.25, -0.2) is 4.79 Å². The predicted octanol–water partition coefficient (Wildman–Crippen LogP) is 1.32. The monoisotopic (exact) mass is 225 g/mol. The average Bonchev–Trinajstić information content (AvgIpc) is 3.04. The molecule has 1 fully saturated rings. The lowest BCUT2D eigenvalue weighted by Gasteiger charge is -2.23. The third-order valence-corrected chi connectivity index (χ3v) is 3.43. The number of ether oxygens (including phenoxy) is 1. The average molecular weight is 225 g/mol. The van der Waals surface area contributed by atoms with Gasteiger partial charge in [0.2, 0.25) is 0 Å². The van der Waals surface area contributed by atoms with Crippen molar-refractivity contribution < 1.29 is 14.6 Å². The van der Waals surface area contributed by atoms with Crippen LogP contribution in [0.4, 0.5) is 0 Å². The molecular formula is C12H19NO3. The fraction of sp³-hybridized carbons (Fsp3) is 0.750. The number of hydrogen-bond acceptors (Lipinski definition) is 3. The molecule has 0 spiro atoms. The van der Waals surface area contributed by atoms with E-state index in [0.717, 1.165) is 12.8 Å². The van der Waals surface area contributed by atoms with Crippen LogP contribution < -0.4 is 5.32 Å². The van der Waals surface area contributed by atoms with Crippen LogP contribution >= 0.6 is 0 Å². The number of carboxylic acid groups (broad SMARTS) is 1. The Balaban J connectivity index is 2.02. The molecule has 0 radical (unpaired) electrons. The molecule has 0 unspecified atom stereocenters. The largest absolute Gasteiger partial charge is 0.478 e. The van der Waals surface area contributed by atoms with Gasteiger partial charge < -0.3 is 15.2 Å². The van der Waals surface area contributed by atoms with Gasteiger partial charge in [0.1, 0.15) is 0 Å². The topological polar surface area (TPSA) is 68.5 Å². The van der Waals surface area contributed by atoms with Crippen molar-refractivity contribution in [1.29, 1.82) is 0 Å². The summed E-state index contributed by atoms with van der Waals surface area (Å²) in [7, 11) is 0. The van der Waals surface area contributed by atoms with Crippen molar-refractivity contribution in [3.05, 3.63) is 11.6 Å². The first kappa shape index (κ1) is 11.6. The Morgan fingerprint density at radius 2 is 2.31 bits per heavy atom. The maximum atomic E-state index is 10.9. The third kappa shape index (κ3) is 2.28. The van der Waals surface area contributed by atoms with Crippen LogP contribution in [0.25, 0.3) is 0 Å². The number of nitrogens with one attached hydrogen (secondary N) is 1. The molecule has 0 aromatic carbocycles. The van der Waals surface area contributed by atoms with E-state index in [-0.39, 0.29) is 12.2 Å². The summed E-state index contributed by atoms with van der Waals surface area (Å²) in [6.45, 7) is 4.19. The van der Waals surface area contributed by atoms with Gasteiger partial charge in [-0.1, -0.05) is 13.8 Å². The van der Waals surface area contributed by atoms with Gasteiger partial charge in [-0.2, -0.15) is 0 Å². The normalized spacial score (nSPS) is 32.2.